The van der Waals surface area contributed by atoms with Crippen molar-refractivity contribution < 1.29 is 0 Å². The van der Waals surface area contributed by atoms with Crippen molar-refractivity contribution >= 4 is 5.57 Å². The molecule has 0 atom stereocenters. The molecular weight excluding hydrogens is 290 g/mol. The van der Waals surface area contributed by atoms with Gasteiger partial charge in [-0.1, -0.05) is 61.9 Å². The lowest BCUT2D eigenvalue weighted by molar-refractivity contribution is 0.713. The molecule has 0 radical (unpaired) electrons. The SMILES string of the molecule is C=C(CCC/C(C)=C\C)NCCC1=CCc2ccc(C)cc21.CC. The van der Waals surface area contributed by atoms with Crippen molar-refractivity contribution in [2.75, 3.05) is 6.54 Å². The van der Waals surface area contributed by atoms with Gasteiger partial charge in [-0.25, -0.2) is 0 Å². The average molecular weight is 326 g/mol. The van der Waals surface area contributed by atoms with E-state index < -0.39 is 0 Å². The Morgan fingerprint density at radius 2 is 2.00 bits per heavy atom. The summed E-state index contributed by atoms with van der Waals surface area (Å²) >= 11 is 0. The molecule has 1 aromatic carbocycles. The zero-order chi connectivity index (χ0) is 17.9. The third kappa shape index (κ3) is 6.39. The van der Waals surface area contributed by atoms with Gasteiger partial charge in [-0.2, -0.15) is 0 Å². The number of hydrogen-bond acceptors (Lipinski definition) is 1. The molecule has 0 aliphatic heterocycles. The van der Waals surface area contributed by atoms with Crippen molar-refractivity contribution in [3.63, 3.8) is 0 Å². The van der Waals surface area contributed by atoms with Crippen LogP contribution in [0.4, 0.5) is 0 Å². The highest BCUT2D eigenvalue weighted by atomic mass is 14.9. The number of allylic oxidation sites excluding steroid dienone is 4. The lowest BCUT2D eigenvalue weighted by Crippen LogP contribution is -2.14. The van der Waals surface area contributed by atoms with Gasteiger partial charge in [0, 0.05) is 12.2 Å². The molecule has 0 bridgehead atoms. The summed E-state index contributed by atoms with van der Waals surface area (Å²) in [6.45, 7) is 15.6. The first-order valence-corrected chi connectivity index (χ1v) is 9.42. The molecule has 1 aliphatic rings. The summed E-state index contributed by atoms with van der Waals surface area (Å²) in [5.74, 6) is 0. The van der Waals surface area contributed by atoms with E-state index in [1.54, 1.807) is 0 Å². The van der Waals surface area contributed by atoms with Crippen LogP contribution in [-0.4, -0.2) is 6.54 Å². The predicted molar refractivity (Wildman–Crippen MR) is 109 cm³/mol. The van der Waals surface area contributed by atoms with Gasteiger partial charge in [0.25, 0.3) is 0 Å². The molecule has 1 nitrogen and oxygen atoms in total. The van der Waals surface area contributed by atoms with E-state index in [9.17, 15) is 0 Å². The molecule has 24 heavy (non-hydrogen) atoms. The number of hydrogen-bond donors (Lipinski definition) is 1. The van der Waals surface area contributed by atoms with Crippen molar-refractivity contribution in [2.24, 2.45) is 0 Å². The van der Waals surface area contributed by atoms with Crippen LogP contribution in [-0.2, 0) is 6.42 Å². The number of benzene rings is 1. The van der Waals surface area contributed by atoms with Gasteiger partial charge in [0.15, 0.2) is 0 Å². The van der Waals surface area contributed by atoms with Gasteiger partial charge < -0.3 is 5.32 Å². The molecule has 0 amide bonds. The highest BCUT2D eigenvalue weighted by Gasteiger charge is 2.13. The van der Waals surface area contributed by atoms with E-state index in [2.05, 4.69) is 63.0 Å². The molecule has 2 rings (SSSR count). The maximum absolute atomic E-state index is 4.15. The maximum atomic E-state index is 4.15. The van der Waals surface area contributed by atoms with E-state index >= 15 is 0 Å². The molecule has 0 saturated carbocycles. The Kier molecular flexibility index (Phi) is 9.22. The summed E-state index contributed by atoms with van der Waals surface area (Å²) in [7, 11) is 0. The minimum Gasteiger partial charge on any atom is -0.388 e. The van der Waals surface area contributed by atoms with Crippen LogP contribution in [0.1, 0.15) is 70.1 Å². The predicted octanol–water partition coefficient (Wildman–Crippen LogP) is 6.59. The fraction of sp³-hybridized carbons (Fsp3) is 0.478. The number of aryl methyl sites for hydroxylation is 1. The second-order valence-corrected chi connectivity index (χ2v) is 6.36. The van der Waals surface area contributed by atoms with Gasteiger partial charge in [0.1, 0.15) is 0 Å². The second-order valence-electron chi connectivity index (χ2n) is 6.36. The summed E-state index contributed by atoms with van der Waals surface area (Å²) < 4.78 is 0. The summed E-state index contributed by atoms with van der Waals surface area (Å²) in [5, 5.41) is 3.49. The summed E-state index contributed by atoms with van der Waals surface area (Å²) in [6, 6.07) is 6.80. The Bertz CT molecular complexity index is 590. The summed E-state index contributed by atoms with van der Waals surface area (Å²) in [5.41, 5.74) is 8.41. The van der Waals surface area contributed by atoms with Gasteiger partial charge in [-0.05, 0) is 69.6 Å². The Hall–Kier alpha value is -1.76. The maximum Gasteiger partial charge on any atom is 0.0184 e. The normalized spacial score (nSPS) is 12.9. The van der Waals surface area contributed by atoms with Crippen molar-refractivity contribution in [3.05, 3.63) is 64.9 Å². The van der Waals surface area contributed by atoms with E-state index in [1.807, 2.05) is 13.8 Å². The summed E-state index contributed by atoms with van der Waals surface area (Å²) in [4.78, 5) is 0. The van der Waals surface area contributed by atoms with Gasteiger partial charge >= 0.3 is 0 Å². The van der Waals surface area contributed by atoms with Crippen LogP contribution in [0.3, 0.4) is 0 Å². The van der Waals surface area contributed by atoms with Crippen molar-refractivity contribution in [1.82, 2.24) is 5.32 Å². The average Bonchev–Trinajstić information content (AvgIpc) is 2.99. The molecular formula is C23H35N. The van der Waals surface area contributed by atoms with E-state index in [1.165, 1.54) is 46.4 Å². The fourth-order valence-electron chi connectivity index (χ4n) is 2.93. The van der Waals surface area contributed by atoms with Crippen molar-refractivity contribution in [3.8, 4) is 0 Å². The first-order chi connectivity index (χ1) is 11.6. The molecule has 1 N–H and O–H groups in total. The molecule has 0 aromatic heterocycles. The van der Waals surface area contributed by atoms with E-state index in [0.29, 0.717) is 0 Å². The number of rotatable bonds is 8. The number of fused-ring (bicyclic) bond motifs is 1. The van der Waals surface area contributed by atoms with Crippen molar-refractivity contribution in [1.29, 1.82) is 0 Å². The Balaban J connectivity index is 0.00000139. The first kappa shape index (κ1) is 20.3. The molecule has 1 aromatic rings. The van der Waals surface area contributed by atoms with Gasteiger partial charge in [0.05, 0.1) is 0 Å². The van der Waals surface area contributed by atoms with Gasteiger partial charge in [-0.15, -0.1) is 0 Å². The van der Waals surface area contributed by atoms with Gasteiger partial charge in [0.2, 0.25) is 0 Å². The van der Waals surface area contributed by atoms with Crippen molar-refractivity contribution in [2.45, 2.75) is 66.7 Å². The third-order valence-electron chi connectivity index (χ3n) is 4.49. The standard InChI is InChI=1S/C21H29N.C2H6/c1-5-16(2)7-6-8-18(4)22-14-13-20-12-11-19-10-9-17(3)15-21(19)20;1-2/h5,9-10,12,15,22H,4,6-8,11,13-14H2,1-3H3;1-2H3/b16-5-;. The van der Waals surface area contributed by atoms with E-state index in [0.717, 1.165) is 25.8 Å². The molecule has 0 fully saturated rings. The highest BCUT2D eigenvalue weighted by Crippen LogP contribution is 2.30. The Labute approximate surface area is 149 Å². The zero-order valence-corrected chi connectivity index (χ0v) is 16.3. The zero-order valence-electron chi connectivity index (χ0n) is 16.3. The highest BCUT2D eigenvalue weighted by molar-refractivity contribution is 5.73. The second kappa shape index (κ2) is 10.9. The molecule has 1 aliphatic carbocycles. The quantitative estimate of drug-likeness (QED) is 0.531. The van der Waals surface area contributed by atoms with Gasteiger partial charge in [-0.3, -0.25) is 0 Å². The first-order valence-electron chi connectivity index (χ1n) is 9.42. The number of nitrogens with one attached hydrogen (secondary N) is 1. The lowest BCUT2D eigenvalue weighted by Gasteiger charge is -2.11. The van der Waals surface area contributed by atoms with Crippen LogP contribution in [0.5, 0.6) is 0 Å². The van der Waals surface area contributed by atoms with Crippen LogP contribution >= 0.6 is 0 Å². The van der Waals surface area contributed by atoms with E-state index in [-0.39, 0.29) is 0 Å². The third-order valence-corrected chi connectivity index (χ3v) is 4.49. The minimum atomic E-state index is 0.987. The smallest absolute Gasteiger partial charge is 0.0184 e. The van der Waals surface area contributed by atoms with Crippen LogP contribution < -0.4 is 5.32 Å². The molecule has 0 saturated heterocycles. The molecule has 0 unspecified atom stereocenters. The van der Waals surface area contributed by atoms with Crippen LogP contribution in [0, 0.1) is 6.92 Å². The Morgan fingerprint density at radius 3 is 2.71 bits per heavy atom. The molecule has 1 heteroatoms. The topological polar surface area (TPSA) is 12.0 Å². The Morgan fingerprint density at radius 1 is 1.25 bits per heavy atom. The van der Waals surface area contributed by atoms with E-state index in [4.69, 9.17) is 0 Å². The fourth-order valence-corrected chi connectivity index (χ4v) is 2.93. The lowest BCUT2D eigenvalue weighted by atomic mass is 10.0. The molecule has 132 valence electrons. The van der Waals surface area contributed by atoms with Crippen LogP contribution in [0.25, 0.3) is 5.57 Å². The monoisotopic (exact) mass is 325 g/mol. The summed E-state index contributed by atoms with van der Waals surface area (Å²) in [6.07, 6.45) is 10.2. The largest absolute Gasteiger partial charge is 0.388 e. The van der Waals surface area contributed by atoms with Crippen LogP contribution in [0.15, 0.2) is 48.2 Å². The minimum absolute atomic E-state index is 0.987. The molecule has 0 spiro atoms. The van der Waals surface area contributed by atoms with Crippen LogP contribution in [0.2, 0.25) is 0 Å². The molecule has 0 heterocycles.